The van der Waals surface area contributed by atoms with Gasteiger partial charge in [0, 0.05) is 0 Å². The molecule has 1 atom stereocenters. The Kier molecular flexibility index (Phi) is 5.82. The second-order valence-electron chi connectivity index (χ2n) is 4.70. The summed E-state index contributed by atoms with van der Waals surface area (Å²) in [5.41, 5.74) is 7.13. The largest absolute Gasteiger partial charge is 0.460 e. The summed E-state index contributed by atoms with van der Waals surface area (Å²) in [6.45, 7) is 4.12. The van der Waals surface area contributed by atoms with Crippen LogP contribution in [0.5, 0.6) is 0 Å². The number of carbonyl (C=O) groups is 1. The van der Waals surface area contributed by atoms with E-state index in [9.17, 15) is 9.90 Å². The lowest BCUT2D eigenvalue weighted by Crippen LogP contribution is -2.17. The van der Waals surface area contributed by atoms with Crippen molar-refractivity contribution >= 4 is 5.97 Å². The first-order chi connectivity index (χ1) is 8.52. The second-order valence-corrected chi connectivity index (χ2v) is 4.70. The van der Waals surface area contributed by atoms with E-state index in [2.05, 4.69) is 0 Å². The maximum atomic E-state index is 10.9. The van der Waals surface area contributed by atoms with Gasteiger partial charge >= 0.3 is 5.97 Å². The predicted molar refractivity (Wildman–Crippen MR) is 69.8 cm³/mol. The van der Waals surface area contributed by atoms with Gasteiger partial charge in [-0.1, -0.05) is 38.1 Å². The van der Waals surface area contributed by atoms with Crippen molar-refractivity contribution in [1.29, 1.82) is 0 Å². The van der Waals surface area contributed by atoms with Gasteiger partial charge in [0.05, 0.1) is 12.6 Å². The molecule has 0 aliphatic carbocycles. The minimum Gasteiger partial charge on any atom is -0.460 e. The van der Waals surface area contributed by atoms with Crippen molar-refractivity contribution in [1.82, 2.24) is 0 Å². The van der Waals surface area contributed by atoms with Crippen LogP contribution in [0, 0.1) is 5.92 Å². The van der Waals surface area contributed by atoms with Crippen molar-refractivity contribution in [3.8, 4) is 0 Å². The number of aliphatic hydroxyl groups excluding tert-OH is 1. The molecule has 0 saturated carbocycles. The molecule has 0 fully saturated rings. The molecule has 1 aromatic carbocycles. The zero-order chi connectivity index (χ0) is 13.5. The van der Waals surface area contributed by atoms with Gasteiger partial charge in [0.25, 0.3) is 0 Å². The number of aliphatic hydroxyl groups is 1. The van der Waals surface area contributed by atoms with E-state index >= 15 is 0 Å². The lowest BCUT2D eigenvalue weighted by molar-refractivity contribution is -0.143. The summed E-state index contributed by atoms with van der Waals surface area (Å²) in [5.74, 6) is -0.163. The number of rotatable bonds is 6. The van der Waals surface area contributed by atoms with Crippen LogP contribution >= 0.6 is 0 Å². The Morgan fingerprint density at radius 2 is 1.83 bits per heavy atom. The van der Waals surface area contributed by atoms with E-state index in [1.165, 1.54) is 0 Å². The number of ether oxygens (including phenoxy) is 1. The Labute approximate surface area is 108 Å². The SMILES string of the molecule is CC(C)C(O)Cc1ccc(COC(=O)CN)cc1. The van der Waals surface area contributed by atoms with E-state index in [1.807, 2.05) is 38.1 Å². The molecule has 4 heteroatoms. The van der Waals surface area contributed by atoms with Gasteiger partial charge in [-0.15, -0.1) is 0 Å². The van der Waals surface area contributed by atoms with Gasteiger partial charge in [-0.05, 0) is 23.5 Å². The highest BCUT2D eigenvalue weighted by atomic mass is 16.5. The molecule has 18 heavy (non-hydrogen) atoms. The fourth-order valence-corrected chi connectivity index (χ4v) is 1.47. The average molecular weight is 251 g/mol. The van der Waals surface area contributed by atoms with Crippen LogP contribution in [0.3, 0.4) is 0 Å². The standard InChI is InChI=1S/C14H21NO3/c1-10(2)13(16)7-11-3-5-12(6-4-11)9-18-14(17)8-15/h3-6,10,13,16H,7-9,15H2,1-2H3. The van der Waals surface area contributed by atoms with Gasteiger partial charge in [0.2, 0.25) is 0 Å². The minimum absolute atomic E-state index is 0.0985. The summed E-state index contributed by atoms with van der Waals surface area (Å²) in [6.07, 6.45) is 0.312. The molecule has 0 radical (unpaired) electrons. The highest BCUT2D eigenvalue weighted by Crippen LogP contribution is 2.12. The van der Waals surface area contributed by atoms with Gasteiger partial charge in [-0.2, -0.15) is 0 Å². The van der Waals surface area contributed by atoms with E-state index < -0.39 is 5.97 Å². The minimum atomic E-state index is -0.408. The maximum Gasteiger partial charge on any atom is 0.320 e. The molecule has 0 amide bonds. The topological polar surface area (TPSA) is 72.5 Å². The third-order valence-corrected chi connectivity index (χ3v) is 2.80. The van der Waals surface area contributed by atoms with E-state index in [4.69, 9.17) is 10.5 Å². The molecule has 0 aromatic heterocycles. The average Bonchev–Trinajstić information content (AvgIpc) is 2.37. The highest BCUT2D eigenvalue weighted by molar-refractivity contribution is 5.71. The van der Waals surface area contributed by atoms with Gasteiger partial charge in [0.1, 0.15) is 6.61 Å². The number of hydrogen-bond donors (Lipinski definition) is 2. The van der Waals surface area contributed by atoms with Crippen molar-refractivity contribution in [3.05, 3.63) is 35.4 Å². The molecular formula is C14H21NO3. The zero-order valence-electron chi connectivity index (χ0n) is 10.9. The fourth-order valence-electron chi connectivity index (χ4n) is 1.47. The van der Waals surface area contributed by atoms with E-state index in [1.54, 1.807) is 0 Å². The summed E-state index contributed by atoms with van der Waals surface area (Å²) in [7, 11) is 0. The highest BCUT2D eigenvalue weighted by Gasteiger charge is 2.09. The summed E-state index contributed by atoms with van der Waals surface area (Å²) in [4.78, 5) is 10.9. The van der Waals surface area contributed by atoms with E-state index in [0.29, 0.717) is 6.42 Å². The quantitative estimate of drug-likeness (QED) is 0.746. The van der Waals surface area contributed by atoms with Crippen molar-refractivity contribution in [3.63, 3.8) is 0 Å². The number of hydrogen-bond acceptors (Lipinski definition) is 4. The first-order valence-electron chi connectivity index (χ1n) is 6.14. The Morgan fingerprint density at radius 1 is 1.28 bits per heavy atom. The van der Waals surface area contributed by atoms with Crippen molar-refractivity contribution < 1.29 is 14.6 Å². The maximum absolute atomic E-state index is 10.9. The van der Waals surface area contributed by atoms with Gasteiger partial charge in [-0.3, -0.25) is 4.79 Å². The van der Waals surface area contributed by atoms with Crippen molar-refractivity contribution in [2.24, 2.45) is 11.7 Å². The molecule has 0 aliphatic heterocycles. The van der Waals surface area contributed by atoms with Crippen LogP contribution in [0.15, 0.2) is 24.3 Å². The molecular weight excluding hydrogens is 230 g/mol. The smallest absolute Gasteiger partial charge is 0.320 e. The molecule has 1 aromatic rings. The second kappa shape index (κ2) is 7.13. The predicted octanol–water partition coefficient (Wildman–Crippen LogP) is 1.25. The van der Waals surface area contributed by atoms with E-state index in [-0.39, 0.29) is 25.2 Å². The monoisotopic (exact) mass is 251 g/mol. The molecule has 100 valence electrons. The molecule has 3 N–H and O–H groups in total. The Morgan fingerprint density at radius 3 is 2.33 bits per heavy atom. The zero-order valence-corrected chi connectivity index (χ0v) is 10.9. The van der Waals surface area contributed by atoms with Crippen molar-refractivity contribution in [2.75, 3.05) is 6.54 Å². The van der Waals surface area contributed by atoms with Crippen LogP contribution in [0.1, 0.15) is 25.0 Å². The lowest BCUT2D eigenvalue weighted by Gasteiger charge is -2.14. The Bertz CT molecular complexity index is 373. The van der Waals surface area contributed by atoms with E-state index in [0.717, 1.165) is 11.1 Å². The normalized spacial score (nSPS) is 12.5. The Balaban J connectivity index is 2.49. The van der Waals surface area contributed by atoms with Crippen LogP contribution < -0.4 is 5.73 Å². The molecule has 1 unspecified atom stereocenters. The molecule has 0 saturated heterocycles. The third kappa shape index (κ3) is 4.85. The van der Waals surface area contributed by atoms with Gasteiger partial charge in [-0.25, -0.2) is 0 Å². The first kappa shape index (κ1) is 14.7. The van der Waals surface area contributed by atoms with Crippen LogP contribution in [0.25, 0.3) is 0 Å². The van der Waals surface area contributed by atoms with Crippen LogP contribution in [-0.4, -0.2) is 23.7 Å². The molecule has 4 nitrogen and oxygen atoms in total. The number of esters is 1. The summed E-state index contributed by atoms with van der Waals surface area (Å²) in [5, 5.41) is 9.77. The van der Waals surface area contributed by atoms with Gasteiger partial charge < -0.3 is 15.6 Å². The fraction of sp³-hybridized carbons (Fsp3) is 0.500. The number of carbonyl (C=O) groups excluding carboxylic acids is 1. The summed E-state index contributed by atoms with van der Waals surface area (Å²) < 4.78 is 4.92. The molecule has 0 heterocycles. The first-order valence-corrected chi connectivity index (χ1v) is 6.14. The molecule has 0 bridgehead atoms. The molecule has 0 spiro atoms. The molecule has 0 aliphatic rings. The van der Waals surface area contributed by atoms with Gasteiger partial charge in [0.15, 0.2) is 0 Å². The Hall–Kier alpha value is -1.39. The summed E-state index contributed by atoms with van der Waals surface area (Å²) in [6, 6.07) is 7.67. The lowest BCUT2D eigenvalue weighted by atomic mass is 9.99. The number of benzene rings is 1. The van der Waals surface area contributed by atoms with Crippen molar-refractivity contribution in [2.45, 2.75) is 33.0 Å². The van der Waals surface area contributed by atoms with Crippen LogP contribution in [0.2, 0.25) is 0 Å². The molecule has 1 rings (SSSR count). The van der Waals surface area contributed by atoms with Crippen LogP contribution in [0.4, 0.5) is 0 Å². The third-order valence-electron chi connectivity index (χ3n) is 2.80. The summed E-state index contributed by atoms with van der Waals surface area (Å²) >= 11 is 0. The number of nitrogens with two attached hydrogens (primary N) is 1. The van der Waals surface area contributed by atoms with Crippen LogP contribution in [-0.2, 0) is 22.6 Å².